The number of hydrogen-bond acceptors (Lipinski definition) is 6. The van der Waals surface area contributed by atoms with E-state index in [9.17, 15) is 4.79 Å². The third-order valence-corrected chi connectivity index (χ3v) is 5.35. The molecule has 18 heavy (non-hydrogen) atoms. The number of aryl methyl sites for hydroxylation is 1. The number of ether oxygens (including phenoxy) is 1. The van der Waals surface area contributed by atoms with Crippen molar-refractivity contribution in [3.8, 4) is 0 Å². The minimum atomic E-state index is -0.847. The smallest absolute Gasteiger partial charge is 0.327 e. The molecule has 6 heteroatoms. The first-order valence-electron chi connectivity index (χ1n) is 6.07. The minimum Gasteiger partial charge on any atom is -0.465 e. The van der Waals surface area contributed by atoms with Gasteiger partial charge >= 0.3 is 5.97 Å². The van der Waals surface area contributed by atoms with Gasteiger partial charge in [0.05, 0.1) is 6.61 Å². The maximum Gasteiger partial charge on any atom is 0.327 e. The van der Waals surface area contributed by atoms with Gasteiger partial charge in [0, 0.05) is 16.8 Å². The monoisotopic (exact) mass is 286 g/mol. The van der Waals surface area contributed by atoms with E-state index in [1.165, 1.54) is 0 Å². The summed E-state index contributed by atoms with van der Waals surface area (Å²) in [6.07, 6.45) is 2.04. The fourth-order valence-electron chi connectivity index (χ4n) is 1.79. The number of thioether (sulfide) groups is 1. The van der Waals surface area contributed by atoms with Gasteiger partial charge in [0.1, 0.15) is 9.88 Å². The highest BCUT2D eigenvalue weighted by molar-refractivity contribution is 8.01. The molecule has 2 N–H and O–H groups in total. The normalized spacial score (nSPS) is 18.4. The van der Waals surface area contributed by atoms with Gasteiger partial charge in [-0.25, -0.2) is 4.98 Å². The van der Waals surface area contributed by atoms with Crippen LogP contribution in [0.25, 0.3) is 0 Å². The maximum absolute atomic E-state index is 12.0. The van der Waals surface area contributed by atoms with E-state index >= 15 is 0 Å². The third kappa shape index (κ3) is 3.05. The van der Waals surface area contributed by atoms with Crippen molar-refractivity contribution in [3.05, 3.63) is 11.1 Å². The van der Waals surface area contributed by atoms with E-state index in [-0.39, 0.29) is 11.9 Å². The summed E-state index contributed by atoms with van der Waals surface area (Å²) < 4.78 is 6.07. The second-order valence-corrected chi connectivity index (χ2v) is 6.66. The molecule has 1 heterocycles. The average Bonchev–Trinajstić information content (AvgIpc) is 3.11. The van der Waals surface area contributed by atoms with Gasteiger partial charge in [0.2, 0.25) is 0 Å². The topological polar surface area (TPSA) is 65.2 Å². The molecule has 100 valence electrons. The predicted octanol–water partition coefficient (Wildman–Crippen LogP) is 2.21. The molecule has 0 spiro atoms. The molecule has 1 aromatic rings. The van der Waals surface area contributed by atoms with Crippen LogP contribution in [0.2, 0.25) is 0 Å². The molecule has 1 aromatic heterocycles. The Morgan fingerprint density at radius 2 is 2.44 bits per heavy atom. The Balaban J connectivity index is 1.99. The largest absolute Gasteiger partial charge is 0.465 e. The van der Waals surface area contributed by atoms with E-state index in [1.807, 2.05) is 19.2 Å². The van der Waals surface area contributed by atoms with Gasteiger partial charge in [-0.1, -0.05) is 11.8 Å². The van der Waals surface area contributed by atoms with Crippen molar-refractivity contribution in [1.29, 1.82) is 0 Å². The first-order chi connectivity index (χ1) is 8.56. The molecule has 0 amide bonds. The molecule has 0 radical (unpaired) electrons. The highest BCUT2D eigenvalue weighted by atomic mass is 32.2. The van der Waals surface area contributed by atoms with Gasteiger partial charge in [-0.3, -0.25) is 4.79 Å². The number of esters is 1. The summed E-state index contributed by atoms with van der Waals surface area (Å²) in [6, 6.07) is 0. The first-order valence-corrected chi connectivity index (χ1v) is 7.94. The van der Waals surface area contributed by atoms with Crippen molar-refractivity contribution in [2.45, 2.75) is 36.6 Å². The Bertz CT molecular complexity index is 431. The Morgan fingerprint density at radius 3 is 2.94 bits per heavy atom. The highest BCUT2D eigenvalue weighted by Crippen LogP contribution is 2.41. The fraction of sp³-hybridized carbons (Fsp3) is 0.667. The van der Waals surface area contributed by atoms with Crippen molar-refractivity contribution in [2.24, 2.45) is 11.7 Å². The summed E-state index contributed by atoms with van der Waals surface area (Å²) in [5.74, 6) is 0.544. The van der Waals surface area contributed by atoms with Crippen LogP contribution in [0.1, 0.15) is 25.5 Å². The lowest BCUT2D eigenvalue weighted by Gasteiger charge is -2.26. The minimum absolute atomic E-state index is 0.269. The lowest BCUT2D eigenvalue weighted by atomic mass is 9.97. The molecule has 1 atom stereocenters. The second-order valence-electron chi connectivity index (χ2n) is 4.58. The molecular formula is C12H18N2O2S2. The number of nitrogens with zero attached hydrogens (tertiary/aromatic N) is 1. The Morgan fingerprint density at radius 1 is 1.72 bits per heavy atom. The summed E-state index contributed by atoms with van der Waals surface area (Å²) in [5.41, 5.74) is 6.43. The van der Waals surface area contributed by atoms with Crippen LogP contribution in [-0.4, -0.2) is 28.9 Å². The van der Waals surface area contributed by atoms with Crippen LogP contribution in [0.15, 0.2) is 9.72 Å². The van der Waals surface area contributed by atoms with Crippen LogP contribution < -0.4 is 5.73 Å². The zero-order valence-electron chi connectivity index (χ0n) is 10.6. The van der Waals surface area contributed by atoms with Crippen molar-refractivity contribution >= 4 is 29.1 Å². The third-order valence-electron chi connectivity index (χ3n) is 2.99. The first kappa shape index (κ1) is 13.8. The number of nitrogens with two attached hydrogens (primary N) is 1. The van der Waals surface area contributed by atoms with Gasteiger partial charge in [-0.2, -0.15) is 0 Å². The molecule has 2 rings (SSSR count). The summed E-state index contributed by atoms with van der Waals surface area (Å²) in [6.45, 7) is 4.15. The lowest BCUT2D eigenvalue weighted by Crippen LogP contribution is -2.53. The summed E-state index contributed by atoms with van der Waals surface area (Å²) >= 11 is 3.14. The summed E-state index contributed by atoms with van der Waals surface area (Å²) in [7, 11) is 0. The fourth-order valence-corrected chi connectivity index (χ4v) is 3.83. The molecule has 0 saturated heterocycles. The van der Waals surface area contributed by atoms with Crippen LogP contribution in [0.4, 0.5) is 0 Å². The molecule has 1 fully saturated rings. The number of rotatable bonds is 6. The van der Waals surface area contributed by atoms with E-state index in [0.717, 1.165) is 22.9 Å². The van der Waals surface area contributed by atoms with Crippen molar-refractivity contribution < 1.29 is 9.53 Å². The molecule has 1 unspecified atom stereocenters. The second kappa shape index (κ2) is 5.59. The van der Waals surface area contributed by atoms with Gasteiger partial charge < -0.3 is 10.5 Å². The summed E-state index contributed by atoms with van der Waals surface area (Å²) in [5, 5.41) is 2.00. The van der Waals surface area contributed by atoms with Gasteiger partial charge in [0.25, 0.3) is 0 Å². The number of hydrogen-bond donors (Lipinski definition) is 1. The lowest BCUT2D eigenvalue weighted by molar-refractivity contribution is -0.149. The Kier molecular flexibility index (Phi) is 4.29. The van der Waals surface area contributed by atoms with Crippen LogP contribution in [-0.2, 0) is 9.53 Å². The van der Waals surface area contributed by atoms with E-state index in [1.54, 1.807) is 23.1 Å². The zero-order valence-corrected chi connectivity index (χ0v) is 12.3. The Labute approximate surface area is 115 Å². The highest BCUT2D eigenvalue weighted by Gasteiger charge is 2.49. The zero-order chi connectivity index (χ0) is 13.2. The van der Waals surface area contributed by atoms with Crippen LogP contribution in [0, 0.1) is 12.8 Å². The van der Waals surface area contributed by atoms with E-state index in [0.29, 0.717) is 12.4 Å². The molecule has 1 aliphatic rings. The number of carbonyl (C=O) groups is 1. The number of carbonyl (C=O) groups excluding carboxylic acids is 1. The van der Waals surface area contributed by atoms with Crippen LogP contribution in [0.3, 0.4) is 0 Å². The van der Waals surface area contributed by atoms with Gasteiger partial charge in [-0.05, 0) is 32.6 Å². The summed E-state index contributed by atoms with van der Waals surface area (Å²) in [4.78, 5) is 16.4. The number of aromatic nitrogens is 1. The van der Waals surface area contributed by atoms with E-state index < -0.39 is 5.54 Å². The van der Waals surface area contributed by atoms with Crippen molar-refractivity contribution in [1.82, 2.24) is 4.98 Å². The predicted molar refractivity (Wildman–Crippen MR) is 73.9 cm³/mol. The van der Waals surface area contributed by atoms with Crippen molar-refractivity contribution in [3.63, 3.8) is 0 Å². The van der Waals surface area contributed by atoms with Crippen molar-refractivity contribution in [2.75, 3.05) is 12.4 Å². The van der Waals surface area contributed by atoms with Crippen LogP contribution >= 0.6 is 23.1 Å². The molecular weight excluding hydrogens is 268 g/mol. The van der Waals surface area contributed by atoms with Gasteiger partial charge in [0.15, 0.2) is 0 Å². The van der Waals surface area contributed by atoms with Crippen LogP contribution in [0.5, 0.6) is 0 Å². The molecule has 0 bridgehead atoms. The molecule has 4 nitrogen and oxygen atoms in total. The standard InChI is InChI=1S/C12H18N2O2S2/c1-3-16-10(15)12(13,9-4-5-9)7-18-11-14-8(2)6-17-11/h6,9H,3-5,7,13H2,1-2H3. The average molecular weight is 286 g/mol. The molecule has 0 aromatic carbocycles. The quantitative estimate of drug-likeness (QED) is 0.641. The number of thiazole rings is 1. The molecule has 0 aliphatic heterocycles. The maximum atomic E-state index is 12.0. The van der Waals surface area contributed by atoms with E-state index in [4.69, 9.17) is 10.5 Å². The van der Waals surface area contributed by atoms with E-state index in [2.05, 4.69) is 4.98 Å². The Hall–Kier alpha value is -0.590. The molecule has 1 aliphatic carbocycles. The molecule has 1 saturated carbocycles. The van der Waals surface area contributed by atoms with Gasteiger partial charge in [-0.15, -0.1) is 11.3 Å². The SMILES string of the molecule is CCOC(=O)C(N)(CSc1nc(C)cs1)C1CC1.